The lowest BCUT2D eigenvalue weighted by Gasteiger charge is -2.10. The van der Waals surface area contributed by atoms with E-state index in [-0.39, 0.29) is 16.8 Å². The minimum absolute atomic E-state index is 0.00716. The lowest BCUT2D eigenvalue weighted by atomic mass is 10.0. The largest absolute Gasteiger partial charge is 0.354 e. The predicted octanol–water partition coefficient (Wildman–Crippen LogP) is 8.04. The van der Waals surface area contributed by atoms with Crippen molar-refractivity contribution >= 4 is 45.3 Å². The monoisotopic (exact) mass is 648 g/mol. The van der Waals surface area contributed by atoms with Crippen molar-refractivity contribution in [3.63, 3.8) is 0 Å². The first-order chi connectivity index (χ1) is 23.2. The first-order valence-electron chi connectivity index (χ1n) is 15.0. The van der Waals surface area contributed by atoms with Gasteiger partial charge >= 0.3 is 0 Å². The van der Waals surface area contributed by atoms with Gasteiger partial charge in [0.1, 0.15) is 14.1 Å². The van der Waals surface area contributed by atoms with Gasteiger partial charge in [0, 0.05) is 35.3 Å². The van der Waals surface area contributed by atoms with Crippen molar-refractivity contribution in [1.29, 1.82) is 0 Å². The van der Waals surface area contributed by atoms with E-state index in [1.807, 2.05) is 96.3 Å². The van der Waals surface area contributed by atoms with Gasteiger partial charge in [-0.05, 0) is 60.7 Å². The van der Waals surface area contributed by atoms with Gasteiger partial charge in [0.05, 0.1) is 55.7 Å². The van der Waals surface area contributed by atoms with Crippen LogP contribution in [0.4, 0.5) is 22.0 Å². The molecule has 1 aromatic carbocycles. The third kappa shape index (κ3) is 4.49. The van der Waals surface area contributed by atoms with E-state index in [0.29, 0.717) is 27.9 Å². The number of nitrogens with zero attached hydrogens (tertiary/aromatic N) is 3. The fourth-order valence-electron chi connectivity index (χ4n) is 6.34. The summed E-state index contributed by atoms with van der Waals surface area (Å²) < 4.78 is 78.8. The molecule has 3 N–H and O–H groups in total. The Bertz CT molecular complexity index is 2580. The number of benzene rings is 1. The van der Waals surface area contributed by atoms with E-state index in [0.717, 1.165) is 27.9 Å². The van der Waals surface area contributed by atoms with Gasteiger partial charge in [0.2, 0.25) is 17.2 Å². The van der Waals surface area contributed by atoms with Gasteiger partial charge in [-0.25, -0.2) is 36.1 Å². The second-order valence-electron chi connectivity index (χ2n) is 11.5. The van der Waals surface area contributed by atoms with E-state index >= 15 is 8.78 Å². The van der Waals surface area contributed by atoms with Gasteiger partial charge in [-0.15, -0.1) is 0 Å². The maximum atomic E-state index is 15.6. The molecule has 6 nitrogen and oxygen atoms in total. The Morgan fingerprint density at radius 1 is 0.438 bits per heavy atom. The van der Waals surface area contributed by atoms with Crippen molar-refractivity contribution in [2.45, 2.75) is 0 Å². The molecule has 0 saturated carbocycles. The van der Waals surface area contributed by atoms with E-state index in [4.69, 9.17) is 4.98 Å². The fourth-order valence-corrected chi connectivity index (χ4v) is 6.34. The third-order valence-electron chi connectivity index (χ3n) is 8.66. The first-order valence-corrected chi connectivity index (χ1v) is 15.0. The molecule has 6 aromatic heterocycles. The fraction of sp³-hybridized carbons (Fsp3) is 0.0541. The molecule has 0 atom stereocenters. The quantitative estimate of drug-likeness (QED) is 0.0772. The van der Waals surface area contributed by atoms with E-state index in [1.165, 1.54) is 6.08 Å². The SMILES string of the molecule is C[n+]1ccccc1-c1c2nc(c(-c3c(F)c(F)c(F)c(F)c3F)c3ccc([nH]3)c(-c3cccc[n+]3C)c3ccc([nH]3)c3ccc1[nH]3)C=C2. The summed E-state index contributed by atoms with van der Waals surface area (Å²) in [5.41, 5.74) is 5.60. The highest BCUT2D eigenvalue weighted by molar-refractivity contribution is 5.98. The van der Waals surface area contributed by atoms with Crippen LogP contribution in [0.1, 0.15) is 11.4 Å². The number of nitrogens with one attached hydrogen (secondary N) is 3. The molecule has 0 aliphatic carbocycles. The minimum Gasteiger partial charge on any atom is -0.354 e. The molecule has 0 unspecified atom stereocenters. The Balaban J connectivity index is 1.62. The number of hydrogen-bond donors (Lipinski definition) is 3. The lowest BCUT2D eigenvalue weighted by Crippen LogP contribution is -2.30. The van der Waals surface area contributed by atoms with Crippen molar-refractivity contribution < 1.29 is 31.1 Å². The molecule has 48 heavy (non-hydrogen) atoms. The number of hydrogen-bond acceptors (Lipinski definition) is 1. The van der Waals surface area contributed by atoms with Crippen molar-refractivity contribution in [3.8, 4) is 33.6 Å². The molecule has 1 aliphatic heterocycles. The summed E-state index contributed by atoms with van der Waals surface area (Å²) in [5, 5.41) is 0. The summed E-state index contributed by atoms with van der Waals surface area (Å²) in [4.78, 5) is 15.0. The number of aromatic amines is 3. The number of H-pyrrole nitrogens is 3. The summed E-state index contributed by atoms with van der Waals surface area (Å²) in [5.74, 6) is -10.2. The van der Waals surface area contributed by atoms with E-state index in [9.17, 15) is 13.2 Å². The summed E-state index contributed by atoms with van der Waals surface area (Å²) in [7, 11) is 3.75. The zero-order valence-corrected chi connectivity index (χ0v) is 25.5. The first kappa shape index (κ1) is 29.3. The van der Waals surface area contributed by atoms with Crippen LogP contribution in [0.25, 0.3) is 78.9 Å². The van der Waals surface area contributed by atoms with E-state index in [2.05, 4.69) is 15.0 Å². The third-order valence-corrected chi connectivity index (χ3v) is 8.66. The maximum Gasteiger partial charge on any atom is 0.216 e. The van der Waals surface area contributed by atoms with Gasteiger partial charge in [-0.1, -0.05) is 0 Å². The van der Waals surface area contributed by atoms with Crippen molar-refractivity contribution in [2.24, 2.45) is 14.1 Å². The topological polar surface area (TPSA) is 68.0 Å². The molecular formula is C37H25F5N6+2. The number of halogens is 5. The molecule has 8 rings (SSSR count). The molecule has 236 valence electrons. The van der Waals surface area contributed by atoms with Crippen LogP contribution in [0.5, 0.6) is 0 Å². The Morgan fingerprint density at radius 2 is 0.833 bits per heavy atom. The van der Waals surface area contributed by atoms with Crippen LogP contribution in [0.15, 0.2) is 85.2 Å². The molecule has 1 aliphatic rings. The Hall–Kier alpha value is -6.10. The number of rotatable bonds is 3. The highest BCUT2D eigenvalue weighted by Crippen LogP contribution is 2.39. The average Bonchev–Trinajstić information content (AvgIpc) is 3.91. The molecule has 0 spiro atoms. The molecule has 11 heteroatoms. The lowest BCUT2D eigenvalue weighted by molar-refractivity contribution is -0.660. The van der Waals surface area contributed by atoms with Crippen molar-refractivity contribution in [1.82, 2.24) is 19.9 Å². The minimum atomic E-state index is -2.24. The van der Waals surface area contributed by atoms with Gasteiger partial charge < -0.3 is 15.0 Å². The summed E-state index contributed by atoms with van der Waals surface area (Å²) >= 11 is 0. The Kier molecular flexibility index (Phi) is 6.72. The van der Waals surface area contributed by atoms with Crippen molar-refractivity contribution in [3.05, 3.63) is 126 Å². The number of aryl methyl sites for hydroxylation is 2. The van der Waals surface area contributed by atoms with Crippen LogP contribution in [-0.4, -0.2) is 19.9 Å². The zero-order valence-electron chi connectivity index (χ0n) is 25.5. The molecule has 0 radical (unpaired) electrons. The summed E-state index contributed by atoms with van der Waals surface area (Å²) in [6.07, 6.45) is 6.93. The van der Waals surface area contributed by atoms with Gasteiger partial charge in [0.25, 0.3) is 0 Å². The average molecular weight is 649 g/mol. The summed E-state index contributed by atoms with van der Waals surface area (Å²) in [6, 6.07) is 22.3. The molecule has 7 heterocycles. The number of aromatic nitrogens is 6. The molecule has 0 amide bonds. The highest BCUT2D eigenvalue weighted by atomic mass is 19.2. The predicted molar refractivity (Wildman–Crippen MR) is 174 cm³/mol. The van der Waals surface area contributed by atoms with E-state index < -0.39 is 34.6 Å². The molecule has 0 saturated heterocycles. The maximum absolute atomic E-state index is 15.6. The molecule has 0 fully saturated rings. The summed E-state index contributed by atoms with van der Waals surface area (Å²) in [6.45, 7) is 0. The normalized spacial score (nSPS) is 12.0. The van der Waals surface area contributed by atoms with Gasteiger partial charge in [0.15, 0.2) is 35.7 Å². The van der Waals surface area contributed by atoms with Crippen LogP contribution in [-0.2, 0) is 14.1 Å². The Labute approximate surface area is 269 Å². The van der Waals surface area contributed by atoms with Crippen molar-refractivity contribution in [2.75, 3.05) is 0 Å². The van der Waals surface area contributed by atoms with Crippen LogP contribution < -0.4 is 9.13 Å². The van der Waals surface area contributed by atoms with Gasteiger partial charge in [-0.2, -0.15) is 0 Å². The smallest absolute Gasteiger partial charge is 0.216 e. The molecule has 7 aromatic rings. The van der Waals surface area contributed by atoms with Gasteiger partial charge in [-0.3, -0.25) is 0 Å². The van der Waals surface area contributed by atoms with E-state index in [1.54, 1.807) is 18.2 Å². The van der Waals surface area contributed by atoms with Crippen LogP contribution in [0.3, 0.4) is 0 Å². The Morgan fingerprint density at radius 3 is 1.35 bits per heavy atom. The molecular weight excluding hydrogens is 623 g/mol. The number of pyridine rings is 2. The standard InChI is InChI=1S/C37H23F5N6/c1-47-17-5-3-7-27(47)29-21-11-9-19(43-21)20-10-12-22(44-20)30(28-8-4-6-18-48(28)2)24-14-16-26(46-24)31(25-15-13-23(29)45-25)32-33(38)35(40)37(42)36(41)34(32)39/h3-18H,1-2H3,(H,45,46)/p+2. The molecule has 8 bridgehead atoms. The van der Waals surface area contributed by atoms with Crippen LogP contribution in [0, 0.1) is 29.1 Å². The second-order valence-corrected chi connectivity index (χ2v) is 11.5. The van der Waals surface area contributed by atoms with Crippen LogP contribution in [0.2, 0.25) is 0 Å². The van der Waals surface area contributed by atoms with Crippen LogP contribution >= 0.6 is 0 Å². The second kappa shape index (κ2) is 11.0. The number of fused-ring (bicyclic) bond motifs is 9. The zero-order chi connectivity index (χ0) is 33.3. The highest BCUT2D eigenvalue weighted by Gasteiger charge is 2.30.